The van der Waals surface area contributed by atoms with Gasteiger partial charge in [-0.05, 0) is 86.0 Å². The summed E-state index contributed by atoms with van der Waals surface area (Å²) >= 11 is 9.37. The fourth-order valence-electron chi connectivity index (χ4n) is 3.72. The van der Waals surface area contributed by atoms with Gasteiger partial charge in [0.05, 0.1) is 10.6 Å². The van der Waals surface area contributed by atoms with Gasteiger partial charge in [-0.2, -0.15) is 0 Å². The zero-order chi connectivity index (χ0) is 27.3. The quantitative estimate of drug-likeness (QED) is 0.368. The Morgan fingerprint density at radius 2 is 1.59 bits per heavy atom. The monoisotopic (exact) mass is 605 g/mol. The molecule has 0 fully saturated rings. The topological polar surface area (TPSA) is 86.8 Å². The van der Waals surface area contributed by atoms with E-state index in [1.807, 2.05) is 44.2 Å². The molecule has 0 aromatic heterocycles. The fourth-order valence-corrected chi connectivity index (χ4v) is 5.52. The average molecular weight is 607 g/mol. The Hall–Kier alpha value is -2.88. The van der Waals surface area contributed by atoms with Crippen LogP contribution in [-0.2, 0) is 26.2 Å². The van der Waals surface area contributed by atoms with Gasteiger partial charge < -0.3 is 10.2 Å². The Labute approximate surface area is 231 Å². The van der Waals surface area contributed by atoms with Crippen molar-refractivity contribution in [1.82, 2.24) is 10.2 Å². The molecule has 7 nitrogen and oxygen atoms in total. The minimum Gasteiger partial charge on any atom is -0.357 e. The molecule has 0 saturated heterocycles. The lowest BCUT2D eigenvalue weighted by Gasteiger charge is -2.32. The van der Waals surface area contributed by atoms with Gasteiger partial charge in [0.1, 0.15) is 12.6 Å². The second kappa shape index (κ2) is 12.1. The summed E-state index contributed by atoms with van der Waals surface area (Å²) in [6.45, 7) is 5.05. The van der Waals surface area contributed by atoms with E-state index in [9.17, 15) is 18.0 Å². The molecule has 0 aliphatic heterocycles. The summed E-state index contributed by atoms with van der Waals surface area (Å²) in [5.41, 5.74) is 3.02. The number of amides is 2. The van der Waals surface area contributed by atoms with Crippen molar-refractivity contribution in [2.24, 2.45) is 0 Å². The molecule has 3 aromatic carbocycles. The number of likely N-dealkylation sites (N-methyl/N-ethyl adjacent to an activating group) is 1. The van der Waals surface area contributed by atoms with Gasteiger partial charge in [-0.15, -0.1) is 0 Å². The van der Waals surface area contributed by atoms with E-state index >= 15 is 0 Å². The first-order valence-corrected chi connectivity index (χ1v) is 14.2. The highest BCUT2D eigenvalue weighted by Gasteiger charge is 2.32. The number of benzene rings is 3. The molecule has 1 N–H and O–H groups in total. The maximum atomic E-state index is 13.8. The van der Waals surface area contributed by atoms with Crippen LogP contribution in [0.2, 0.25) is 5.02 Å². The Balaban J connectivity index is 2.05. The summed E-state index contributed by atoms with van der Waals surface area (Å²) < 4.78 is 29.5. The molecule has 37 heavy (non-hydrogen) atoms. The van der Waals surface area contributed by atoms with E-state index in [0.29, 0.717) is 10.7 Å². The van der Waals surface area contributed by atoms with Gasteiger partial charge in [0.25, 0.3) is 10.0 Å². The van der Waals surface area contributed by atoms with Crippen molar-refractivity contribution in [3.63, 3.8) is 0 Å². The molecule has 0 aliphatic carbocycles. The van der Waals surface area contributed by atoms with Crippen molar-refractivity contribution in [2.45, 2.75) is 38.3 Å². The normalized spacial score (nSPS) is 12.1. The molecule has 1 atom stereocenters. The van der Waals surface area contributed by atoms with Crippen LogP contribution in [0.5, 0.6) is 0 Å². The highest BCUT2D eigenvalue weighted by atomic mass is 79.9. The minimum atomic E-state index is -4.14. The maximum absolute atomic E-state index is 13.8. The molecule has 0 radical (unpaired) electrons. The summed E-state index contributed by atoms with van der Waals surface area (Å²) in [6, 6.07) is 17.5. The van der Waals surface area contributed by atoms with Crippen LogP contribution in [0, 0.1) is 13.8 Å². The number of carbonyl (C=O) groups is 2. The molecule has 0 heterocycles. The molecule has 2 amide bonds. The summed E-state index contributed by atoms with van der Waals surface area (Å²) in [6.07, 6.45) is 0. The molecule has 1 unspecified atom stereocenters. The molecular formula is C27H29BrClN3O4S. The molecule has 0 saturated carbocycles. The predicted octanol–water partition coefficient (Wildman–Crippen LogP) is 5.08. The molecule has 0 aliphatic rings. The van der Waals surface area contributed by atoms with E-state index in [2.05, 4.69) is 21.2 Å². The Morgan fingerprint density at radius 3 is 2.16 bits per heavy atom. The van der Waals surface area contributed by atoms with E-state index in [0.717, 1.165) is 25.5 Å². The molecule has 10 heteroatoms. The van der Waals surface area contributed by atoms with Gasteiger partial charge in [0.15, 0.2) is 0 Å². The molecule has 0 bridgehead atoms. The van der Waals surface area contributed by atoms with Gasteiger partial charge >= 0.3 is 0 Å². The van der Waals surface area contributed by atoms with E-state index in [1.165, 1.54) is 36.2 Å². The third-order valence-corrected chi connectivity index (χ3v) is 8.71. The maximum Gasteiger partial charge on any atom is 0.264 e. The van der Waals surface area contributed by atoms with E-state index in [4.69, 9.17) is 11.6 Å². The van der Waals surface area contributed by atoms with Crippen molar-refractivity contribution in [2.75, 3.05) is 17.9 Å². The third kappa shape index (κ3) is 6.91. The van der Waals surface area contributed by atoms with Crippen LogP contribution < -0.4 is 9.62 Å². The van der Waals surface area contributed by atoms with E-state index in [1.54, 1.807) is 19.1 Å². The van der Waals surface area contributed by atoms with Gasteiger partial charge in [0.2, 0.25) is 11.8 Å². The van der Waals surface area contributed by atoms with Gasteiger partial charge in [-0.3, -0.25) is 13.9 Å². The number of sulfonamides is 1. The number of hydrogen-bond acceptors (Lipinski definition) is 4. The number of anilines is 1. The van der Waals surface area contributed by atoms with Crippen LogP contribution >= 0.6 is 27.5 Å². The van der Waals surface area contributed by atoms with Gasteiger partial charge in [0, 0.05) is 23.1 Å². The summed E-state index contributed by atoms with van der Waals surface area (Å²) in [7, 11) is -2.65. The van der Waals surface area contributed by atoms with Gasteiger partial charge in [-0.25, -0.2) is 8.42 Å². The van der Waals surface area contributed by atoms with Crippen LogP contribution in [0.4, 0.5) is 5.69 Å². The smallest absolute Gasteiger partial charge is 0.264 e. The van der Waals surface area contributed by atoms with Crippen molar-refractivity contribution >= 4 is 55.1 Å². The number of aryl methyl sites for hydroxylation is 2. The van der Waals surface area contributed by atoms with E-state index in [-0.39, 0.29) is 17.3 Å². The highest BCUT2D eigenvalue weighted by Crippen LogP contribution is 2.27. The fraction of sp³-hybridized carbons (Fsp3) is 0.259. The Bertz CT molecular complexity index is 1380. The predicted molar refractivity (Wildman–Crippen MR) is 150 cm³/mol. The first kappa shape index (κ1) is 28.7. The van der Waals surface area contributed by atoms with Crippen molar-refractivity contribution < 1.29 is 18.0 Å². The standard InChI is InChI=1S/C27H29BrClN3O4S/c1-18-5-12-24(15-19(18)2)32(37(35,36)25-13-10-23(29)11-14-25)17-26(33)31(20(3)27(34)30-4)16-21-6-8-22(28)9-7-21/h5-15,20H,16-17H2,1-4H3,(H,30,34). The molecule has 196 valence electrons. The number of hydrogen-bond donors (Lipinski definition) is 1. The lowest BCUT2D eigenvalue weighted by atomic mass is 10.1. The molecule has 0 spiro atoms. The third-order valence-electron chi connectivity index (χ3n) is 6.14. The summed E-state index contributed by atoms with van der Waals surface area (Å²) in [5, 5.41) is 2.97. The number of halogens is 2. The largest absolute Gasteiger partial charge is 0.357 e. The first-order valence-electron chi connectivity index (χ1n) is 11.5. The summed E-state index contributed by atoms with van der Waals surface area (Å²) in [4.78, 5) is 27.7. The van der Waals surface area contributed by atoms with Crippen LogP contribution in [0.15, 0.2) is 76.1 Å². The SMILES string of the molecule is CNC(=O)C(C)N(Cc1ccc(Br)cc1)C(=O)CN(c1ccc(C)c(C)c1)S(=O)(=O)c1ccc(Cl)cc1. The van der Waals surface area contributed by atoms with Crippen LogP contribution in [0.3, 0.4) is 0 Å². The highest BCUT2D eigenvalue weighted by molar-refractivity contribution is 9.10. The second-order valence-corrected chi connectivity index (χ2v) is 11.9. The minimum absolute atomic E-state index is 0.00161. The Kier molecular flexibility index (Phi) is 9.39. The van der Waals surface area contributed by atoms with Crippen molar-refractivity contribution in [3.8, 4) is 0 Å². The molecule has 3 rings (SSSR count). The van der Waals surface area contributed by atoms with Gasteiger partial charge in [-0.1, -0.05) is 45.7 Å². The zero-order valence-electron chi connectivity index (χ0n) is 21.0. The molecular weight excluding hydrogens is 578 g/mol. The van der Waals surface area contributed by atoms with E-state index < -0.39 is 28.5 Å². The number of carbonyl (C=O) groups excluding carboxylic acids is 2. The lowest BCUT2D eigenvalue weighted by molar-refractivity contribution is -0.139. The number of nitrogens with one attached hydrogen (secondary N) is 1. The summed E-state index contributed by atoms with van der Waals surface area (Å²) in [5.74, 6) is -0.876. The molecule has 3 aromatic rings. The van der Waals surface area contributed by atoms with Crippen molar-refractivity contribution in [3.05, 3.63) is 92.9 Å². The number of nitrogens with zero attached hydrogens (tertiary/aromatic N) is 2. The van der Waals surface area contributed by atoms with Crippen LogP contribution in [-0.4, -0.2) is 44.8 Å². The van der Waals surface area contributed by atoms with Crippen LogP contribution in [0.1, 0.15) is 23.6 Å². The second-order valence-electron chi connectivity index (χ2n) is 8.67. The lowest BCUT2D eigenvalue weighted by Crippen LogP contribution is -2.50. The van der Waals surface area contributed by atoms with Crippen molar-refractivity contribution in [1.29, 1.82) is 0 Å². The number of rotatable bonds is 9. The van der Waals surface area contributed by atoms with Crippen LogP contribution in [0.25, 0.3) is 0 Å². The first-order chi connectivity index (χ1) is 17.4. The zero-order valence-corrected chi connectivity index (χ0v) is 24.2. The average Bonchev–Trinajstić information content (AvgIpc) is 2.87. The Morgan fingerprint density at radius 1 is 0.973 bits per heavy atom.